The maximum absolute atomic E-state index is 12.4. The predicted octanol–water partition coefficient (Wildman–Crippen LogP) is 4.68. The van der Waals surface area contributed by atoms with Gasteiger partial charge in [-0.2, -0.15) is 5.26 Å². The number of nitrogens with one attached hydrogen (secondary N) is 1. The van der Waals surface area contributed by atoms with Crippen LogP contribution in [0.3, 0.4) is 0 Å². The monoisotopic (exact) mass is 391 g/mol. The first-order chi connectivity index (χ1) is 13.0. The van der Waals surface area contributed by atoms with Crippen LogP contribution in [0, 0.1) is 17.2 Å². The molecule has 0 fully saturated rings. The molecule has 1 N–H and O–H groups in total. The molecular weight excluding hydrogens is 362 g/mol. The molecule has 0 saturated heterocycles. The van der Waals surface area contributed by atoms with Crippen molar-refractivity contribution < 1.29 is 14.3 Å². The molecule has 0 aromatic carbocycles. The number of fused-ring (bicyclic) bond motifs is 1. The van der Waals surface area contributed by atoms with Crippen molar-refractivity contribution in [3.63, 3.8) is 0 Å². The van der Waals surface area contributed by atoms with Gasteiger partial charge in [0.05, 0.1) is 18.7 Å². The van der Waals surface area contributed by atoms with Crippen LogP contribution in [-0.4, -0.2) is 30.1 Å². The second kappa shape index (κ2) is 10.3. The zero-order valence-corrected chi connectivity index (χ0v) is 17.3. The summed E-state index contributed by atoms with van der Waals surface area (Å²) in [7, 11) is 0. The summed E-state index contributed by atoms with van der Waals surface area (Å²) in [6, 6.07) is 2.24. The van der Waals surface area contributed by atoms with E-state index in [2.05, 4.69) is 25.2 Å². The average molecular weight is 392 g/mol. The summed E-state index contributed by atoms with van der Waals surface area (Å²) >= 11 is 1.40. The SMILES string of the molecule is CCCC(CC)CCC(=O)Nc1sc2c(c1C#N)CCN(C(=O)OCC)C2. The Labute approximate surface area is 165 Å². The molecule has 2 amide bonds. The van der Waals surface area contributed by atoms with Crippen molar-refractivity contribution >= 4 is 28.3 Å². The third-order valence-corrected chi connectivity index (χ3v) is 6.13. The van der Waals surface area contributed by atoms with Crippen molar-refractivity contribution in [2.45, 2.75) is 65.8 Å². The van der Waals surface area contributed by atoms with Gasteiger partial charge in [-0.25, -0.2) is 4.79 Å². The van der Waals surface area contributed by atoms with Crippen LogP contribution in [0.2, 0.25) is 0 Å². The Morgan fingerprint density at radius 3 is 2.74 bits per heavy atom. The van der Waals surface area contributed by atoms with Gasteiger partial charge in [-0.1, -0.05) is 33.1 Å². The lowest BCUT2D eigenvalue weighted by Crippen LogP contribution is -2.35. The van der Waals surface area contributed by atoms with Gasteiger partial charge in [0.1, 0.15) is 11.1 Å². The number of anilines is 1. The van der Waals surface area contributed by atoms with Gasteiger partial charge in [-0.3, -0.25) is 4.79 Å². The van der Waals surface area contributed by atoms with Crippen molar-refractivity contribution in [3.05, 3.63) is 16.0 Å². The normalized spacial score (nSPS) is 14.2. The molecule has 1 aliphatic heterocycles. The number of nitrogens with zero attached hydrogens (tertiary/aromatic N) is 2. The van der Waals surface area contributed by atoms with Gasteiger partial charge in [-0.15, -0.1) is 11.3 Å². The van der Waals surface area contributed by atoms with E-state index in [4.69, 9.17) is 4.74 Å². The summed E-state index contributed by atoms with van der Waals surface area (Å²) in [5, 5.41) is 13.1. The summed E-state index contributed by atoms with van der Waals surface area (Å²) in [5.74, 6) is 0.535. The van der Waals surface area contributed by atoms with Crippen LogP contribution < -0.4 is 5.32 Å². The Bertz CT molecular complexity index is 708. The predicted molar refractivity (Wildman–Crippen MR) is 107 cm³/mol. The quantitative estimate of drug-likeness (QED) is 0.697. The molecule has 1 atom stereocenters. The fourth-order valence-corrected chi connectivity index (χ4v) is 4.70. The minimum atomic E-state index is -0.331. The highest BCUT2D eigenvalue weighted by molar-refractivity contribution is 7.16. The molecule has 0 bridgehead atoms. The first-order valence-corrected chi connectivity index (χ1v) is 10.6. The van der Waals surface area contributed by atoms with Gasteiger partial charge in [-0.05, 0) is 31.2 Å². The summed E-state index contributed by atoms with van der Waals surface area (Å²) < 4.78 is 5.07. The molecule has 1 unspecified atom stereocenters. The number of carbonyl (C=O) groups excluding carboxylic acids is 2. The molecule has 1 aromatic rings. The fraction of sp³-hybridized carbons (Fsp3) is 0.650. The van der Waals surface area contributed by atoms with E-state index in [-0.39, 0.29) is 12.0 Å². The lowest BCUT2D eigenvalue weighted by atomic mass is 9.95. The van der Waals surface area contributed by atoms with E-state index in [1.807, 2.05) is 0 Å². The molecule has 1 aliphatic rings. The molecule has 148 valence electrons. The summed E-state index contributed by atoms with van der Waals surface area (Å²) in [4.78, 5) is 26.9. The smallest absolute Gasteiger partial charge is 0.410 e. The second-order valence-electron chi connectivity index (χ2n) is 6.84. The van der Waals surface area contributed by atoms with Gasteiger partial charge in [0, 0.05) is 17.8 Å². The summed E-state index contributed by atoms with van der Waals surface area (Å²) in [5.41, 5.74) is 1.50. The van der Waals surface area contributed by atoms with E-state index in [1.54, 1.807) is 11.8 Å². The van der Waals surface area contributed by atoms with Gasteiger partial charge in [0.2, 0.25) is 5.91 Å². The Hall–Kier alpha value is -2.07. The van der Waals surface area contributed by atoms with Crippen molar-refractivity contribution in [2.24, 2.45) is 5.92 Å². The van der Waals surface area contributed by atoms with Crippen LogP contribution in [0.5, 0.6) is 0 Å². The molecule has 0 saturated carbocycles. The standard InChI is InChI=1S/C20H29N3O3S/c1-4-7-14(5-2)8-9-18(24)22-19-16(12-21)15-10-11-23(13-17(15)27-19)20(25)26-6-3/h14H,4-11,13H2,1-3H3,(H,22,24). The van der Waals surface area contributed by atoms with E-state index in [9.17, 15) is 14.9 Å². The molecule has 27 heavy (non-hydrogen) atoms. The molecule has 2 heterocycles. The highest BCUT2D eigenvalue weighted by atomic mass is 32.1. The van der Waals surface area contributed by atoms with E-state index >= 15 is 0 Å². The van der Waals surface area contributed by atoms with Crippen LogP contribution in [0.1, 0.15) is 68.9 Å². The average Bonchev–Trinajstić information content (AvgIpc) is 3.01. The number of hydrogen-bond acceptors (Lipinski definition) is 5. The minimum absolute atomic E-state index is 0.0399. The van der Waals surface area contributed by atoms with Gasteiger partial charge in [0.25, 0.3) is 0 Å². The van der Waals surface area contributed by atoms with Crippen LogP contribution >= 0.6 is 11.3 Å². The maximum atomic E-state index is 12.4. The lowest BCUT2D eigenvalue weighted by Gasteiger charge is -2.25. The molecule has 6 nitrogen and oxygen atoms in total. The maximum Gasteiger partial charge on any atom is 0.410 e. The highest BCUT2D eigenvalue weighted by Gasteiger charge is 2.28. The number of hydrogen-bond donors (Lipinski definition) is 1. The van der Waals surface area contributed by atoms with E-state index in [1.165, 1.54) is 11.3 Å². The minimum Gasteiger partial charge on any atom is -0.450 e. The summed E-state index contributed by atoms with van der Waals surface area (Å²) in [6.07, 6.45) is 4.99. The third kappa shape index (κ3) is 5.46. The van der Waals surface area contributed by atoms with E-state index in [0.717, 1.165) is 36.1 Å². The Kier molecular flexibility index (Phi) is 8.11. The fourth-order valence-electron chi connectivity index (χ4n) is 3.47. The number of nitriles is 1. The van der Waals surface area contributed by atoms with E-state index < -0.39 is 0 Å². The molecule has 0 spiro atoms. The van der Waals surface area contributed by atoms with Crippen molar-refractivity contribution in [3.8, 4) is 6.07 Å². The molecular formula is C20H29N3O3S. The largest absolute Gasteiger partial charge is 0.450 e. The zero-order valence-electron chi connectivity index (χ0n) is 16.5. The molecule has 2 rings (SSSR count). The molecule has 0 radical (unpaired) electrons. The Balaban J connectivity index is 2.03. The molecule has 7 heteroatoms. The van der Waals surface area contributed by atoms with Crippen molar-refractivity contribution in [1.82, 2.24) is 4.90 Å². The highest BCUT2D eigenvalue weighted by Crippen LogP contribution is 2.37. The van der Waals surface area contributed by atoms with E-state index in [0.29, 0.717) is 49.0 Å². The number of rotatable bonds is 8. The summed E-state index contributed by atoms with van der Waals surface area (Å²) in [6.45, 7) is 7.40. The first-order valence-electron chi connectivity index (χ1n) is 9.80. The van der Waals surface area contributed by atoms with Crippen molar-refractivity contribution in [1.29, 1.82) is 5.26 Å². The Morgan fingerprint density at radius 1 is 1.33 bits per heavy atom. The number of amides is 2. The van der Waals surface area contributed by atoms with Crippen LogP contribution in [0.25, 0.3) is 0 Å². The third-order valence-electron chi connectivity index (χ3n) is 5.00. The lowest BCUT2D eigenvalue weighted by molar-refractivity contribution is -0.116. The zero-order chi connectivity index (χ0) is 19.8. The number of ether oxygens (including phenoxy) is 1. The van der Waals surface area contributed by atoms with Gasteiger partial charge in [0.15, 0.2) is 0 Å². The van der Waals surface area contributed by atoms with Crippen LogP contribution in [-0.2, 0) is 22.5 Å². The first kappa shape index (κ1) is 21.2. The molecule has 0 aliphatic carbocycles. The van der Waals surface area contributed by atoms with Gasteiger partial charge >= 0.3 is 6.09 Å². The van der Waals surface area contributed by atoms with Crippen LogP contribution in [0.15, 0.2) is 0 Å². The topological polar surface area (TPSA) is 82.4 Å². The van der Waals surface area contributed by atoms with Crippen molar-refractivity contribution in [2.75, 3.05) is 18.5 Å². The van der Waals surface area contributed by atoms with Gasteiger partial charge < -0.3 is 15.0 Å². The number of thiophene rings is 1. The van der Waals surface area contributed by atoms with Crippen LogP contribution in [0.4, 0.5) is 9.80 Å². The number of carbonyl (C=O) groups is 2. The Morgan fingerprint density at radius 2 is 2.11 bits per heavy atom. The second-order valence-corrected chi connectivity index (χ2v) is 7.95. The molecule has 1 aromatic heterocycles.